The largest absolute Gasteiger partial charge is 0.349 e. The molecule has 2 unspecified atom stereocenters. The molecular weight excluding hydrogens is 346 g/mol. The minimum absolute atomic E-state index is 0.0402. The summed E-state index contributed by atoms with van der Waals surface area (Å²) in [6.07, 6.45) is 6.80. The second kappa shape index (κ2) is 7.04. The van der Waals surface area contributed by atoms with Crippen LogP contribution in [0.2, 0.25) is 0 Å². The van der Waals surface area contributed by atoms with Crippen LogP contribution in [0.15, 0.2) is 22.9 Å². The molecule has 0 spiro atoms. The number of piperidine rings is 1. The molecule has 7 heteroatoms. The van der Waals surface area contributed by atoms with Crippen molar-refractivity contribution < 1.29 is 4.79 Å². The standard InChI is InChI=1S/C15H22BrN5O/c1-10-6-14(20-19-10)21-4-2-13(3-5-21)18-15(22)11-7-12(16)9-17-8-11/h7-10,13-14,19-20H,2-6H2,1H3,(H,18,22). The summed E-state index contributed by atoms with van der Waals surface area (Å²) in [6.45, 7) is 4.20. The van der Waals surface area contributed by atoms with Crippen molar-refractivity contribution in [2.24, 2.45) is 0 Å². The van der Waals surface area contributed by atoms with E-state index in [0.717, 1.165) is 36.8 Å². The van der Waals surface area contributed by atoms with Crippen LogP contribution in [0.5, 0.6) is 0 Å². The summed E-state index contributed by atoms with van der Waals surface area (Å²) in [5.41, 5.74) is 7.21. The summed E-state index contributed by atoms with van der Waals surface area (Å²) in [5.74, 6) is -0.0402. The number of likely N-dealkylation sites (tertiary alicyclic amines) is 1. The van der Waals surface area contributed by atoms with Gasteiger partial charge >= 0.3 is 0 Å². The summed E-state index contributed by atoms with van der Waals surface area (Å²) in [4.78, 5) is 18.7. The van der Waals surface area contributed by atoms with Crippen molar-refractivity contribution in [2.45, 2.75) is 44.4 Å². The molecule has 120 valence electrons. The average molecular weight is 368 g/mol. The molecule has 3 heterocycles. The van der Waals surface area contributed by atoms with E-state index in [2.05, 4.69) is 48.9 Å². The zero-order chi connectivity index (χ0) is 15.5. The van der Waals surface area contributed by atoms with E-state index < -0.39 is 0 Å². The number of hydrazine groups is 1. The number of carbonyl (C=O) groups is 1. The van der Waals surface area contributed by atoms with Gasteiger partial charge in [0.1, 0.15) is 0 Å². The van der Waals surface area contributed by atoms with Crippen molar-refractivity contribution in [3.05, 3.63) is 28.5 Å². The summed E-state index contributed by atoms with van der Waals surface area (Å²) in [6, 6.07) is 2.56. The van der Waals surface area contributed by atoms with Crippen molar-refractivity contribution in [1.29, 1.82) is 0 Å². The molecule has 0 aliphatic carbocycles. The normalized spacial score (nSPS) is 27.0. The molecule has 3 N–H and O–H groups in total. The van der Waals surface area contributed by atoms with E-state index in [1.54, 1.807) is 18.5 Å². The highest BCUT2D eigenvalue weighted by Crippen LogP contribution is 2.17. The van der Waals surface area contributed by atoms with Gasteiger partial charge in [0.05, 0.1) is 11.7 Å². The fourth-order valence-corrected chi connectivity index (χ4v) is 3.46. The van der Waals surface area contributed by atoms with Crippen LogP contribution in [0.25, 0.3) is 0 Å². The molecule has 6 nitrogen and oxygen atoms in total. The number of nitrogens with one attached hydrogen (secondary N) is 3. The number of halogens is 1. The van der Waals surface area contributed by atoms with E-state index in [4.69, 9.17) is 0 Å². The van der Waals surface area contributed by atoms with Gasteiger partial charge in [-0.1, -0.05) is 0 Å². The molecule has 2 aliphatic rings. The Labute approximate surface area is 139 Å². The van der Waals surface area contributed by atoms with Crippen molar-refractivity contribution in [3.8, 4) is 0 Å². The summed E-state index contributed by atoms with van der Waals surface area (Å²) >= 11 is 3.34. The predicted octanol–water partition coefficient (Wildman–Crippen LogP) is 1.25. The van der Waals surface area contributed by atoms with Gasteiger partial charge in [0.15, 0.2) is 0 Å². The molecule has 2 atom stereocenters. The van der Waals surface area contributed by atoms with Gasteiger partial charge in [-0.05, 0) is 48.2 Å². The minimum atomic E-state index is -0.0402. The van der Waals surface area contributed by atoms with E-state index in [-0.39, 0.29) is 11.9 Å². The van der Waals surface area contributed by atoms with E-state index in [1.165, 1.54) is 0 Å². The zero-order valence-corrected chi connectivity index (χ0v) is 14.3. The average Bonchev–Trinajstić information content (AvgIpc) is 2.94. The van der Waals surface area contributed by atoms with Crippen molar-refractivity contribution in [2.75, 3.05) is 13.1 Å². The smallest absolute Gasteiger partial charge is 0.253 e. The lowest BCUT2D eigenvalue weighted by Crippen LogP contribution is -2.51. The minimum Gasteiger partial charge on any atom is -0.349 e. The van der Waals surface area contributed by atoms with Gasteiger partial charge in [-0.3, -0.25) is 20.1 Å². The van der Waals surface area contributed by atoms with Gasteiger partial charge in [0.2, 0.25) is 0 Å². The third-order valence-electron chi connectivity index (χ3n) is 4.35. The van der Waals surface area contributed by atoms with E-state index in [0.29, 0.717) is 17.8 Å². The van der Waals surface area contributed by atoms with Crippen LogP contribution in [-0.2, 0) is 0 Å². The Bertz CT molecular complexity index is 532. The maximum Gasteiger partial charge on any atom is 0.253 e. The Morgan fingerprint density at radius 3 is 2.77 bits per heavy atom. The SMILES string of the molecule is CC1CC(N2CCC(NC(=O)c3cncc(Br)c3)CC2)NN1. The molecule has 2 aliphatic heterocycles. The van der Waals surface area contributed by atoms with Gasteiger partial charge in [0, 0.05) is 42.0 Å². The Morgan fingerprint density at radius 2 is 2.14 bits per heavy atom. The Morgan fingerprint density at radius 1 is 1.36 bits per heavy atom. The van der Waals surface area contributed by atoms with Crippen LogP contribution in [0, 0.1) is 0 Å². The number of amides is 1. The summed E-state index contributed by atoms with van der Waals surface area (Å²) < 4.78 is 0.823. The Balaban J connectivity index is 1.48. The van der Waals surface area contributed by atoms with Gasteiger partial charge in [0.25, 0.3) is 5.91 Å². The number of carbonyl (C=O) groups excluding carboxylic acids is 1. The van der Waals surface area contributed by atoms with Crippen LogP contribution in [0.1, 0.15) is 36.5 Å². The zero-order valence-electron chi connectivity index (χ0n) is 12.7. The number of nitrogens with zero attached hydrogens (tertiary/aromatic N) is 2. The molecule has 1 aromatic rings. The molecule has 0 bridgehead atoms. The molecule has 1 amide bonds. The van der Waals surface area contributed by atoms with Crippen LogP contribution < -0.4 is 16.2 Å². The van der Waals surface area contributed by atoms with Gasteiger partial charge in [-0.15, -0.1) is 0 Å². The lowest BCUT2D eigenvalue weighted by Gasteiger charge is -2.35. The molecule has 2 saturated heterocycles. The summed E-state index contributed by atoms with van der Waals surface area (Å²) in [7, 11) is 0. The first-order valence-electron chi connectivity index (χ1n) is 7.78. The fourth-order valence-electron chi connectivity index (χ4n) is 3.09. The topological polar surface area (TPSA) is 69.3 Å². The number of rotatable bonds is 3. The molecule has 0 saturated carbocycles. The van der Waals surface area contributed by atoms with E-state index >= 15 is 0 Å². The van der Waals surface area contributed by atoms with E-state index in [1.807, 2.05) is 0 Å². The van der Waals surface area contributed by atoms with Crippen LogP contribution in [0.3, 0.4) is 0 Å². The Kier molecular flexibility index (Phi) is 5.07. The molecule has 0 aromatic carbocycles. The van der Waals surface area contributed by atoms with Crippen LogP contribution >= 0.6 is 15.9 Å². The first kappa shape index (κ1) is 15.9. The number of aromatic nitrogens is 1. The number of pyridine rings is 1. The second-order valence-electron chi connectivity index (χ2n) is 6.12. The predicted molar refractivity (Wildman–Crippen MR) is 88.1 cm³/mol. The fraction of sp³-hybridized carbons (Fsp3) is 0.600. The highest BCUT2D eigenvalue weighted by Gasteiger charge is 2.29. The third kappa shape index (κ3) is 3.84. The lowest BCUT2D eigenvalue weighted by atomic mass is 10.0. The molecule has 2 fully saturated rings. The van der Waals surface area contributed by atoms with E-state index in [9.17, 15) is 4.79 Å². The lowest BCUT2D eigenvalue weighted by molar-refractivity contribution is 0.0879. The number of hydrogen-bond donors (Lipinski definition) is 3. The Hall–Kier alpha value is -1.02. The molecule has 3 rings (SSSR count). The number of hydrogen-bond acceptors (Lipinski definition) is 5. The first-order valence-corrected chi connectivity index (χ1v) is 8.57. The molecule has 0 radical (unpaired) electrons. The molecular formula is C15H22BrN5O. The van der Waals surface area contributed by atoms with Gasteiger partial charge in [-0.2, -0.15) is 0 Å². The summed E-state index contributed by atoms with van der Waals surface area (Å²) in [5, 5.41) is 3.12. The van der Waals surface area contributed by atoms with Gasteiger partial charge < -0.3 is 5.32 Å². The maximum absolute atomic E-state index is 12.2. The molecule has 22 heavy (non-hydrogen) atoms. The second-order valence-corrected chi connectivity index (χ2v) is 7.03. The van der Waals surface area contributed by atoms with Crippen LogP contribution in [-0.4, -0.2) is 47.1 Å². The maximum atomic E-state index is 12.2. The quantitative estimate of drug-likeness (QED) is 0.749. The van der Waals surface area contributed by atoms with Crippen molar-refractivity contribution in [3.63, 3.8) is 0 Å². The van der Waals surface area contributed by atoms with Crippen LogP contribution in [0.4, 0.5) is 0 Å². The molecule has 1 aromatic heterocycles. The third-order valence-corrected chi connectivity index (χ3v) is 4.78. The highest BCUT2D eigenvalue weighted by molar-refractivity contribution is 9.10. The van der Waals surface area contributed by atoms with Crippen molar-refractivity contribution in [1.82, 2.24) is 26.1 Å². The van der Waals surface area contributed by atoms with Crippen molar-refractivity contribution >= 4 is 21.8 Å². The highest BCUT2D eigenvalue weighted by atomic mass is 79.9. The van der Waals surface area contributed by atoms with Gasteiger partial charge in [-0.25, -0.2) is 5.43 Å². The first-order chi connectivity index (χ1) is 10.6. The monoisotopic (exact) mass is 367 g/mol.